The number of anilines is 1. The van der Waals surface area contributed by atoms with Gasteiger partial charge >= 0.3 is 0 Å². The van der Waals surface area contributed by atoms with E-state index in [-0.39, 0.29) is 5.91 Å². The molecule has 2 heterocycles. The zero-order valence-electron chi connectivity index (χ0n) is 11.8. The van der Waals surface area contributed by atoms with Crippen molar-refractivity contribution in [2.75, 3.05) is 24.5 Å². The van der Waals surface area contributed by atoms with E-state index in [0.29, 0.717) is 17.4 Å². The SMILES string of the molecule is CCCC(=O)NCC1CCCN(c2ncncc2Cl)C1. The zero-order chi connectivity index (χ0) is 14.4. The van der Waals surface area contributed by atoms with Gasteiger partial charge in [0.25, 0.3) is 0 Å². The fourth-order valence-corrected chi connectivity index (χ4v) is 2.76. The first kappa shape index (κ1) is 15.0. The smallest absolute Gasteiger partial charge is 0.219 e. The Kier molecular flexibility index (Phi) is 5.59. The lowest BCUT2D eigenvalue weighted by Gasteiger charge is -2.33. The predicted molar refractivity (Wildman–Crippen MR) is 79.9 cm³/mol. The molecular weight excluding hydrogens is 276 g/mol. The Morgan fingerprint density at radius 1 is 1.60 bits per heavy atom. The van der Waals surface area contributed by atoms with Crippen LogP contribution in [0, 0.1) is 5.92 Å². The molecule has 110 valence electrons. The van der Waals surface area contributed by atoms with Gasteiger partial charge in [-0.25, -0.2) is 9.97 Å². The topological polar surface area (TPSA) is 58.1 Å². The van der Waals surface area contributed by atoms with Crippen molar-refractivity contribution >= 4 is 23.3 Å². The number of aromatic nitrogens is 2. The third-order valence-electron chi connectivity index (χ3n) is 3.53. The van der Waals surface area contributed by atoms with Crippen LogP contribution in [-0.4, -0.2) is 35.5 Å². The Morgan fingerprint density at radius 3 is 3.20 bits per heavy atom. The van der Waals surface area contributed by atoms with E-state index in [1.165, 1.54) is 6.33 Å². The summed E-state index contributed by atoms with van der Waals surface area (Å²) in [5, 5.41) is 3.59. The van der Waals surface area contributed by atoms with Crippen molar-refractivity contribution < 1.29 is 4.79 Å². The number of rotatable bonds is 5. The number of nitrogens with zero attached hydrogens (tertiary/aromatic N) is 3. The monoisotopic (exact) mass is 296 g/mol. The van der Waals surface area contributed by atoms with Crippen LogP contribution < -0.4 is 10.2 Å². The minimum atomic E-state index is 0.143. The third-order valence-corrected chi connectivity index (χ3v) is 3.80. The molecule has 1 atom stereocenters. The molecule has 0 radical (unpaired) electrons. The molecule has 0 spiro atoms. The molecule has 1 unspecified atom stereocenters. The summed E-state index contributed by atoms with van der Waals surface area (Å²) in [7, 11) is 0. The summed E-state index contributed by atoms with van der Waals surface area (Å²) >= 11 is 6.14. The van der Waals surface area contributed by atoms with Crippen LogP contribution in [0.5, 0.6) is 0 Å². The highest BCUT2D eigenvalue weighted by Gasteiger charge is 2.22. The lowest BCUT2D eigenvalue weighted by molar-refractivity contribution is -0.121. The van der Waals surface area contributed by atoms with E-state index in [1.54, 1.807) is 6.20 Å². The predicted octanol–water partition coefficient (Wildman–Crippen LogP) is 2.26. The lowest BCUT2D eigenvalue weighted by Crippen LogP contribution is -2.41. The highest BCUT2D eigenvalue weighted by molar-refractivity contribution is 6.32. The quantitative estimate of drug-likeness (QED) is 0.905. The van der Waals surface area contributed by atoms with Crippen molar-refractivity contribution in [1.82, 2.24) is 15.3 Å². The summed E-state index contributed by atoms with van der Waals surface area (Å²) in [5.41, 5.74) is 0. The van der Waals surface area contributed by atoms with Crippen molar-refractivity contribution in [1.29, 1.82) is 0 Å². The summed E-state index contributed by atoms with van der Waals surface area (Å²) in [6.07, 6.45) is 6.86. The van der Waals surface area contributed by atoms with E-state index in [2.05, 4.69) is 20.2 Å². The maximum Gasteiger partial charge on any atom is 0.219 e. The summed E-state index contributed by atoms with van der Waals surface area (Å²) in [5.74, 6) is 1.39. The highest BCUT2D eigenvalue weighted by Crippen LogP contribution is 2.26. The maximum atomic E-state index is 11.5. The number of amides is 1. The molecular formula is C14H21ClN4O. The molecule has 0 saturated carbocycles. The standard InChI is InChI=1S/C14H21ClN4O/c1-2-4-13(20)17-7-11-5-3-6-19(9-11)14-12(15)8-16-10-18-14/h8,10-11H,2-7,9H2,1H3,(H,17,20). The minimum absolute atomic E-state index is 0.143. The van der Waals surface area contributed by atoms with E-state index in [1.807, 2.05) is 6.92 Å². The van der Waals surface area contributed by atoms with Crippen molar-refractivity contribution in [2.24, 2.45) is 5.92 Å². The van der Waals surface area contributed by atoms with Crippen LogP contribution in [-0.2, 0) is 4.79 Å². The molecule has 1 aliphatic rings. The molecule has 2 rings (SSSR count). The van der Waals surface area contributed by atoms with Crippen molar-refractivity contribution in [3.8, 4) is 0 Å². The van der Waals surface area contributed by atoms with Crippen LogP contribution in [0.25, 0.3) is 0 Å². The Labute approximate surface area is 124 Å². The van der Waals surface area contributed by atoms with Crippen molar-refractivity contribution in [3.63, 3.8) is 0 Å². The van der Waals surface area contributed by atoms with E-state index in [9.17, 15) is 4.79 Å². The van der Waals surface area contributed by atoms with Crippen LogP contribution in [0.4, 0.5) is 5.82 Å². The van der Waals surface area contributed by atoms with Gasteiger partial charge in [0, 0.05) is 26.1 Å². The first-order chi connectivity index (χ1) is 9.70. The highest BCUT2D eigenvalue weighted by atomic mass is 35.5. The first-order valence-corrected chi connectivity index (χ1v) is 7.55. The molecule has 1 aliphatic heterocycles. The normalized spacial score (nSPS) is 18.9. The average molecular weight is 297 g/mol. The Morgan fingerprint density at radius 2 is 2.45 bits per heavy atom. The van der Waals surface area contributed by atoms with Crippen molar-refractivity contribution in [2.45, 2.75) is 32.6 Å². The number of nitrogens with one attached hydrogen (secondary N) is 1. The lowest BCUT2D eigenvalue weighted by atomic mass is 9.98. The number of carbonyl (C=O) groups is 1. The maximum absolute atomic E-state index is 11.5. The number of halogens is 1. The van der Waals surface area contributed by atoms with Gasteiger partial charge in [-0.05, 0) is 25.2 Å². The molecule has 1 N–H and O–H groups in total. The average Bonchev–Trinajstić information content (AvgIpc) is 2.46. The van der Waals surface area contributed by atoms with Gasteiger partial charge in [0.05, 0.1) is 6.20 Å². The molecule has 0 aromatic carbocycles. The summed E-state index contributed by atoms with van der Waals surface area (Å²) < 4.78 is 0. The molecule has 1 saturated heterocycles. The van der Waals surface area contributed by atoms with Crippen LogP contribution in [0.2, 0.25) is 5.02 Å². The number of hydrogen-bond acceptors (Lipinski definition) is 4. The Hall–Kier alpha value is -1.36. The van der Waals surface area contributed by atoms with Crippen molar-refractivity contribution in [3.05, 3.63) is 17.5 Å². The fourth-order valence-electron chi connectivity index (χ4n) is 2.54. The van der Waals surface area contributed by atoms with Crippen LogP contribution >= 0.6 is 11.6 Å². The molecule has 1 fully saturated rings. The van der Waals surface area contributed by atoms with Gasteiger partial charge in [-0.1, -0.05) is 18.5 Å². The second kappa shape index (κ2) is 7.43. The molecule has 1 aromatic rings. The van der Waals surface area contributed by atoms with Crippen LogP contribution in [0.3, 0.4) is 0 Å². The Balaban J connectivity index is 1.89. The molecule has 1 amide bonds. The van der Waals surface area contributed by atoms with Gasteiger partial charge < -0.3 is 10.2 Å². The van der Waals surface area contributed by atoms with E-state index < -0.39 is 0 Å². The zero-order valence-corrected chi connectivity index (χ0v) is 12.6. The molecule has 1 aromatic heterocycles. The van der Waals surface area contributed by atoms with E-state index in [4.69, 9.17) is 11.6 Å². The van der Waals surface area contributed by atoms with Gasteiger partial charge in [0.15, 0.2) is 5.82 Å². The summed E-state index contributed by atoms with van der Waals surface area (Å²) in [6, 6.07) is 0. The molecule has 20 heavy (non-hydrogen) atoms. The second-order valence-electron chi connectivity index (χ2n) is 5.20. The van der Waals surface area contributed by atoms with E-state index >= 15 is 0 Å². The molecule has 0 aliphatic carbocycles. The largest absolute Gasteiger partial charge is 0.356 e. The number of carbonyl (C=O) groups excluding carboxylic acids is 1. The van der Waals surface area contributed by atoms with Crippen LogP contribution in [0.15, 0.2) is 12.5 Å². The number of hydrogen-bond donors (Lipinski definition) is 1. The van der Waals surface area contributed by atoms with Crippen LogP contribution in [0.1, 0.15) is 32.6 Å². The second-order valence-corrected chi connectivity index (χ2v) is 5.61. The minimum Gasteiger partial charge on any atom is -0.356 e. The molecule has 6 heteroatoms. The Bertz CT molecular complexity index is 455. The molecule has 5 nitrogen and oxygen atoms in total. The van der Waals surface area contributed by atoms with Gasteiger partial charge in [-0.15, -0.1) is 0 Å². The summed E-state index contributed by atoms with van der Waals surface area (Å²) in [6.45, 7) is 4.58. The van der Waals surface area contributed by atoms with E-state index in [0.717, 1.165) is 44.7 Å². The summed E-state index contributed by atoms with van der Waals surface area (Å²) in [4.78, 5) is 21.9. The third kappa shape index (κ3) is 4.07. The van der Waals surface area contributed by atoms with Gasteiger partial charge in [0.1, 0.15) is 11.3 Å². The van der Waals surface area contributed by atoms with Gasteiger partial charge in [-0.3, -0.25) is 4.79 Å². The fraction of sp³-hybridized carbons (Fsp3) is 0.643. The molecule has 0 bridgehead atoms. The van der Waals surface area contributed by atoms with Gasteiger partial charge in [-0.2, -0.15) is 0 Å². The van der Waals surface area contributed by atoms with Gasteiger partial charge in [0.2, 0.25) is 5.91 Å². The first-order valence-electron chi connectivity index (χ1n) is 7.18. The number of piperidine rings is 1.